The number of likely N-dealkylation sites (N-methyl/N-ethyl adjacent to an activating group) is 1. The summed E-state index contributed by atoms with van der Waals surface area (Å²) in [5, 5.41) is 10.4. The zero-order valence-electron chi connectivity index (χ0n) is 10.3. The van der Waals surface area contributed by atoms with E-state index in [9.17, 15) is 9.90 Å². The first-order valence-corrected chi connectivity index (χ1v) is 5.72. The maximum atomic E-state index is 11.6. The van der Waals surface area contributed by atoms with Crippen molar-refractivity contribution in [2.24, 2.45) is 10.7 Å². The fourth-order valence-corrected chi connectivity index (χ4v) is 1.89. The number of carbonyl (C=O) groups excluding carboxylic acids is 1. The van der Waals surface area contributed by atoms with Crippen LogP contribution in [-0.4, -0.2) is 36.0 Å². The second-order valence-electron chi connectivity index (χ2n) is 3.91. The van der Waals surface area contributed by atoms with Crippen LogP contribution in [0.1, 0.15) is 5.56 Å². The average molecular weight is 282 g/mol. The summed E-state index contributed by atoms with van der Waals surface area (Å²) >= 11 is 5.92. The van der Waals surface area contributed by atoms with Crippen molar-refractivity contribution in [3.8, 4) is 11.5 Å². The van der Waals surface area contributed by atoms with Gasteiger partial charge in [0.1, 0.15) is 5.70 Å². The fourth-order valence-electron chi connectivity index (χ4n) is 1.67. The number of benzene rings is 1. The molecule has 1 amide bonds. The molecule has 1 aliphatic heterocycles. The van der Waals surface area contributed by atoms with E-state index in [1.165, 1.54) is 30.2 Å². The number of rotatable bonds is 2. The summed E-state index contributed by atoms with van der Waals surface area (Å²) in [7, 11) is 3.02. The predicted molar refractivity (Wildman–Crippen MR) is 72.0 cm³/mol. The molecule has 0 fully saturated rings. The highest BCUT2D eigenvalue weighted by Gasteiger charge is 2.25. The highest BCUT2D eigenvalue weighted by molar-refractivity contribution is 6.31. The summed E-state index contributed by atoms with van der Waals surface area (Å²) in [5.74, 6) is -0.254. The molecule has 0 bridgehead atoms. The van der Waals surface area contributed by atoms with Gasteiger partial charge in [-0.1, -0.05) is 11.6 Å². The molecule has 0 saturated carbocycles. The van der Waals surface area contributed by atoms with Gasteiger partial charge in [0.05, 0.1) is 7.11 Å². The summed E-state index contributed by atoms with van der Waals surface area (Å²) in [4.78, 5) is 16.7. The van der Waals surface area contributed by atoms with E-state index in [0.717, 1.165) is 0 Å². The number of ether oxygens (including phenoxy) is 1. The molecule has 6 nitrogen and oxygen atoms in total. The molecule has 0 aromatic heterocycles. The van der Waals surface area contributed by atoms with Crippen LogP contribution >= 0.6 is 11.6 Å². The number of amides is 1. The quantitative estimate of drug-likeness (QED) is 0.795. The maximum Gasteiger partial charge on any atom is 0.296 e. The van der Waals surface area contributed by atoms with E-state index in [1.54, 1.807) is 7.05 Å². The van der Waals surface area contributed by atoms with Gasteiger partial charge < -0.3 is 20.5 Å². The molecule has 2 rings (SSSR count). The first-order valence-electron chi connectivity index (χ1n) is 5.34. The number of nitrogens with two attached hydrogens (primary N) is 1. The minimum absolute atomic E-state index is 0.102. The molecule has 1 aromatic carbocycles. The minimum Gasteiger partial charge on any atom is -0.504 e. The van der Waals surface area contributed by atoms with Crippen molar-refractivity contribution in [2.75, 3.05) is 14.2 Å². The molecule has 1 aromatic rings. The molecule has 0 spiro atoms. The number of nitrogens with zero attached hydrogens (tertiary/aromatic N) is 2. The van der Waals surface area contributed by atoms with Gasteiger partial charge in [0.15, 0.2) is 11.5 Å². The molecule has 0 atom stereocenters. The number of phenols is 1. The summed E-state index contributed by atoms with van der Waals surface area (Å²) in [6.07, 6.45) is 1.45. The number of aromatic hydroxyl groups is 1. The largest absolute Gasteiger partial charge is 0.504 e. The first kappa shape index (κ1) is 13.2. The molecule has 3 N–H and O–H groups in total. The molecule has 0 saturated heterocycles. The topological polar surface area (TPSA) is 88.1 Å². The van der Waals surface area contributed by atoms with Crippen LogP contribution in [0.15, 0.2) is 22.8 Å². The molecule has 0 unspecified atom stereocenters. The molecule has 19 heavy (non-hydrogen) atoms. The van der Waals surface area contributed by atoms with Crippen molar-refractivity contribution >= 4 is 29.5 Å². The first-order chi connectivity index (χ1) is 8.93. The van der Waals surface area contributed by atoms with Crippen LogP contribution in [0.4, 0.5) is 0 Å². The Balaban J connectivity index is 2.50. The molecule has 1 heterocycles. The van der Waals surface area contributed by atoms with Crippen LogP contribution in [0.5, 0.6) is 11.5 Å². The van der Waals surface area contributed by atoms with Gasteiger partial charge in [-0.05, 0) is 12.1 Å². The number of hydrogen-bond donors (Lipinski definition) is 2. The maximum absolute atomic E-state index is 11.6. The number of methoxy groups -OCH3 is 1. The third-order valence-electron chi connectivity index (χ3n) is 2.72. The van der Waals surface area contributed by atoms with Crippen molar-refractivity contribution in [2.45, 2.75) is 0 Å². The monoisotopic (exact) mass is 281 g/mol. The Morgan fingerprint density at radius 1 is 1.53 bits per heavy atom. The lowest BCUT2D eigenvalue weighted by Crippen LogP contribution is -2.28. The van der Waals surface area contributed by atoms with Crippen LogP contribution in [-0.2, 0) is 4.79 Å². The summed E-state index contributed by atoms with van der Waals surface area (Å²) in [6.45, 7) is 0. The molecule has 100 valence electrons. The predicted octanol–water partition coefficient (Wildman–Crippen LogP) is 1.18. The van der Waals surface area contributed by atoms with E-state index >= 15 is 0 Å². The normalized spacial score (nSPS) is 17.0. The molecule has 7 heteroatoms. The zero-order valence-corrected chi connectivity index (χ0v) is 11.1. The van der Waals surface area contributed by atoms with Gasteiger partial charge in [-0.25, -0.2) is 0 Å². The van der Waals surface area contributed by atoms with Crippen molar-refractivity contribution < 1.29 is 14.6 Å². The molecule has 0 aliphatic carbocycles. The van der Waals surface area contributed by atoms with Crippen molar-refractivity contribution in [1.82, 2.24) is 4.90 Å². The fraction of sp³-hybridized carbons (Fsp3) is 0.167. The van der Waals surface area contributed by atoms with Gasteiger partial charge in [0, 0.05) is 23.7 Å². The van der Waals surface area contributed by atoms with E-state index in [0.29, 0.717) is 10.6 Å². The third kappa shape index (κ3) is 2.34. The summed E-state index contributed by atoms with van der Waals surface area (Å²) < 4.78 is 4.99. The second kappa shape index (κ2) is 4.81. The Kier molecular flexibility index (Phi) is 3.35. The average Bonchev–Trinajstić information content (AvgIpc) is 2.60. The van der Waals surface area contributed by atoms with Crippen molar-refractivity contribution in [1.29, 1.82) is 0 Å². The highest BCUT2D eigenvalue weighted by Crippen LogP contribution is 2.35. The van der Waals surface area contributed by atoms with Crippen LogP contribution in [0.2, 0.25) is 5.02 Å². The van der Waals surface area contributed by atoms with E-state index in [2.05, 4.69) is 4.99 Å². The lowest BCUT2D eigenvalue weighted by molar-refractivity contribution is -0.114. The lowest BCUT2D eigenvalue weighted by atomic mass is 10.1. The van der Waals surface area contributed by atoms with Crippen LogP contribution in [0.3, 0.4) is 0 Å². The van der Waals surface area contributed by atoms with Crippen molar-refractivity contribution in [3.05, 3.63) is 28.4 Å². The van der Waals surface area contributed by atoms with E-state index in [-0.39, 0.29) is 23.2 Å². The molecule has 0 radical (unpaired) electrons. The summed E-state index contributed by atoms with van der Waals surface area (Å²) in [6, 6.07) is 2.99. The minimum atomic E-state index is -0.474. The molecule has 1 aliphatic rings. The SMILES string of the molecule is COc1cc(Cl)cc(/C=C2\C(=O)N=C(N)N2C)c1O. The standard InChI is InChI=1S/C12H12ClN3O3/c1-16-8(11(18)15-12(16)14)4-6-3-7(13)5-9(19-2)10(6)17/h3-5,17H,1-2H3,(H2,14,15,18)/b8-4+. The Morgan fingerprint density at radius 2 is 2.21 bits per heavy atom. The Labute approximate surface area is 114 Å². The molecular formula is C12H12ClN3O3. The number of guanidine groups is 1. The van der Waals surface area contributed by atoms with Crippen molar-refractivity contribution in [3.63, 3.8) is 0 Å². The summed E-state index contributed by atoms with van der Waals surface area (Å²) in [5.41, 5.74) is 6.14. The zero-order chi connectivity index (χ0) is 14.2. The Hall–Kier alpha value is -2.21. The van der Waals surface area contributed by atoms with Gasteiger partial charge in [-0.3, -0.25) is 4.79 Å². The lowest BCUT2D eigenvalue weighted by Gasteiger charge is -2.12. The molecular weight excluding hydrogens is 270 g/mol. The Morgan fingerprint density at radius 3 is 2.74 bits per heavy atom. The van der Waals surface area contributed by atoms with E-state index < -0.39 is 5.91 Å². The van der Waals surface area contributed by atoms with Gasteiger partial charge in [0.2, 0.25) is 5.96 Å². The third-order valence-corrected chi connectivity index (χ3v) is 2.94. The van der Waals surface area contributed by atoms with Gasteiger partial charge in [-0.2, -0.15) is 4.99 Å². The highest BCUT2D eigenvalue weighted by atomic mass is 35.5. The Bertz CT molecular complexity index is 610. The van der Waals surface area contributed by atoms with Crippen LogP contribution in [0.25, 0.3) is 6.08 Å². The van der Waals surface area contributed by atoms with E-state index in [4.69, 9.17) is 22.1 Å². The van der Waals surface area contributed by atoms with Gasteiger partial charge >= 0.3 is 0 Å². The number of aliphatic imine (C=N–C) groups is 1. The number of carbonyl (C=O) groups is 1. The second-order valence-corrected chi connectivity index (χ2v) is 4.35. The van der Waals surface area contributed by atoms with E-state index in [1.807, 2.05) is 0 Å². The number of halogens is 1. The smallest absolute Gasteiger partial charge is 0.296 e. The number of hydrogen-bond acceptors (Lipinski definition) is 5. The van der Waals surface area contributed by atoms with Crippen LogP contribution in [0, 0.1) is 0 Å². The van der Waals surface area contributed by atoms with Crippen LogP contribution < -0.4 is 10.5 Å². The van der Waals surface area contributed by atoms with Gasteiger partial charge in [-0.15, -0.1) is 0 Å². The van der Waals surface area contributed by atoms with Gasteiger partial charge in [0.25, 0.3) is 5.91 Å². The number of phenolic OH excluding ortho intramolecular Hbond substituents is 1.